The zero-order chi connectivity index (χ0) is 11.8. The standard InChI is InChI=1S/C11H19ClO2S/c1-4-5-9(12)11(14)8(2)10(13)6-7-15-3/h4,8-9,11,14H,1,5-7H2,2-3H3/t8-,9?,11?/m0/s1. The van der Waals surface area contributed by atoms with E-state index in [-0.39, 0.29) is 11.7 Å². The van der Waals surface area contributed by atoms with Crippen molar-refractivity contribution in [1.82, 2.24) is 0 Å². The van der Waals surface area contributed by atoms with Gasteiger partial charge >= 0.3 is 0 Å². The number of halogens is 1. The predicted molar refractivity (Wildman–Crippen MR) is 67.6 cm³/mol. The molecule has 0 fully saturated rings. The summed E-state index contributed by atoms with van der Waals surface area (Å²) < 4.78 is 0. The van der Waals surface area contributed by atoms with Gasteiger partial charge in [-0.25, -0.2) is 0 Å². The van der Waals surface area contributed by atoms with Crippen molar-refractivity contribution in [3.05, 3.63) is 12.7 Å². The van der Waals surface area contributed by atoms with Crippen LogP contribution in [0, 0.1) is 5.92 Å². The van der Waals surface area contributed by atoms with Crippen LogP contribution in [0.25, 0.3) is 0 Å². The van der Waals surface area contributed by atoms with Crippen molar-refractivity contribution in [2.24, 2.45) is 5.92 Å². The van der Waals surface area contributed by atoms with Gasteiger partial charge in [-0.2, -0.15) is 11.8 Å². The Labute approximate surface area is 101 Å². The highest BCUT2D eigenvalue weighted by Gasteiger charge is 2.26. The summed E-state index contributed by atoms with van der Waals surface area (Å²) in [6.45, 7) is 5.28. The first-order valence-electron chi connectivity index (χ1n) is 4.99. The number of hydrogen-bond acceptors (Lipinski definition) is 3. The molecule has 0 radical (unpaired) electrons. The molecule has 3 atom stereocenters. The Morgan fingerprint density at radius 1 is 1.67 bits per heavy atom. The Morgan fingerprint density at radius 3 is 2.73 bits per heavy atom. The van der Waals surface area contributed by atoms with Crippen molar-refractivity contribution in [2.75, 3.05) is 12.0 Å². The van der Waals surface area contributed by atoms with Gasteiger partial charge in [-0.15, -0.1) is 18.2 Å². The number of thioether (sulfide) groups is 1. The van der Waals surface area contributed by atoms with Crippen LogP contribution in [0.2, 0.25) is 0 Å². The van der Waals surface area contributed by atoms with E-state index in [4.69, 9.17) is 11.6 Å². The summed E-state index contributed by atoms with van der Waals surface area (Å²) >= 11 is 7.55. The van der Waals surface area contributed by atoms with Gasteiger partial charge in [0, 0.05) is 12.3 Å². The molecule has 2 unspecified atom stereocenters. The quantitative estimate of drug-likeness (QED) is 0.531. The highest BCUT2D eigenvalue weighted by Crippen LogP contribution is 2.18. The number of carbonyl (C=O) groups excluding carboxylic acids is 1. The van der Waals surface area contributed by atoms with E-state index in [0.29, 0.717) is 12.8 Å². The first kappa shape index (κ1) is 15.0. The summed E-state index contributed by atoms with van der Waals surface area (Å²) in [6.07, 6.45) is 3.84. The number of aliphatic hydroxyl groups excluding tert-OH is 1. The largest absolute Gasteiger partial charge is 0.391 e. The number of alkyl halides is 1. The molecule has 2 nitrogen and oxygen atoms in total. The van der Waals surface area contributed by atoms with E-state index in [1.165, 1.54) is 0 Å². The molecule has 0 rings (SSSR count). The average Bonchev–Trinajstić information content (AvgIpc) is 2.24. The molecular weight excluding hydrogens is 232 g/mol. The van der Waals surface area contributed by atoms with Gasteiger partial charge in [-0.3, -0.25) is 4.79 Å². The summed E-state index contributed by atoms with van der Waals surface area (Å²) in [4.78, 5) is 11.6. The second kappa shape index (κ2) is 8.20. The first-order valence-corrected chi connectivity index (χ1v) is 6.82. The molecular formula is C11H19ClO2S. The van der Waals surface area contributed by atoms with Gasteiger partial charge in [-0.05, 0) is 18.4 Å². The molecule has 0 aliphatic rings. The number of allylic oxidation sites excluding steroid dienone is 1. The SMILES string of the molecule is C=CCC(Cl)C(O)[C@@H](C)C(=O)CCSC. The smallest absolute Gasteiger partial charge is 0.139 e. The molecule has 0 aliphatic carbocycles. The molecule has 0 saturated heterocycles. The molecule has 0 amide bonds. The lowest BCUT2D eigenvalue weighted by molar-refractivity contribution is -0.125. The molecule has 4 heteroatoms. The van der Waals surface area contributed by atoms with Crippen molar-refractivity contribution in [3.63, 3.8) is 0 Å². The van der Waals surface area contributed by atoms with E-state index in [0.717, 1.165) is 5.75 Å². The van der Waals surface area contributed by atoms with Crippen LogP contribution in [0.5, 0.6) is 0 Å². The fourth-order valence-corrected chi connectivity index (χ4v) is 1.98. The number of hydrogen-bond donors (Lipinski definition) is 1. The third-order valence-electron chi connectivity index (χ3n) is 2.34. The third-order valence-corrected chi connectivity index (χ3v) is 3.38. The van der Waals surface area contributed by atoms with Gasteiger partial charge < -0.3 is 5.11 Å². The minimum atomic E-state index is -0.779. The molecule has 0 spiro atoms. The number of ketones is 1. The number of aliphatic hydroxyl groups is 1. The average molecular weight is 251 g/mol. The molecule has 15 heavy (non-hydrogen) atoms. The van der Waals surface area contributed by atoms with Crippen molar-refractivity contribution in [1.29, 1.82) is 0 Å². The first-order chi connectivity index (χ1) is 7.04. The Balaban J connectivity index is 4.10. The molecule has 0 saturated carbocycles. The highest BCUT2D eigenvalue weighted by atomic mass is 35.5. The van der Waals surface area contributed by atoms with Crippen LogP contribution in [0.4, 0.5) is 0 Å². The summed E-state index contributed by atoms with van der Waals surface area (Å²) in [5, 5.41) is 9.36. The highest BCUT2D eigenvalue weighted by molar-refractivity contribution is 7.98. The Morgan fingerprint density at radius 2 is 2.27 bits per heavy atom. The number of rotatable bonds is 8. The minimum absolute atomic E-state index is 0.0755. The maximum absolute atomic E-state index is 11.6. The monoisotopic (exact) mass is 250 g/mol. The summed E-state index contributed by atoms with van der Waals surface area (Å²) in [5.74, 6) is 0.482. The normalized spacial score (nSPS) is 16.8. The summed E-state index contributed by atoms with van der Waals surface area (Å²) in [7, 11) is 0. The van der Waals surface area contributed by atoms with E-state index >= 15 is 0 Å². The van der Waals surface area contributed by atoms with Crippen LogP contribution in [-0.2, 0) is 4.79 Å². The van der Waals surface area contributed by atoms with Crippen LogP contribution in [0.15, 0.2) is 12.7 Å². The fraction of sp³-hybridized carbons (Fsp3) is 0.727. The summed E-state index contributed by atoms with van der Waals surface area (Å²) in [5.41, 5.74) is 0. The Kier molecular flexibility index (Phi) is 8.20. The maximum atomic E-state index is 11.6. The topological polar surface area (TPSA) is 37.3 Å². The van der Waals surface area contributed by atoms with Crippen LogP contribution >= 0.6 is 23.4 Å². The lowest BCUT2D eigenvalue weighted by Crippen LogP contribution is -2.33. The summed E-state index contributed by atoms with van der Waals surface area (Å²) in [6, 6.07) is 0. The maximum Gasteiger partial charge on any atom is 0.139 e. The minimum Gasteiger partial charge on any atom is -0.391 e. The van der Waals surface area contributed by atoms with Crippen LogP contribution in [0.3, 0.4) is 0 Å². The van der Waals surface area contributed by atoms with Gasteiger partial charge in [0.2, 0.25) is 0 Å². The lowest BCUT2D eigenvalue weighted by Gasteiger charge is -2.21. The lowest BCUT2D eigenvalue weighted by atomic mass is 9.94. The van der Waals surface area contributed by atoms with Gasteiger partial charge in [-0.1, -0.05) is 13.0 Å². The van der Waals surface area contributed by atoms with Gasteiger partial charge in [0.1, 0.15) is 5.78 Å². The number of Topliss-reactive ketones (excluding diaryl/α,β-unsaturated/α-hetero) is 1. The van der Waals surface area contributed by atoms with Gasteiger partial charge in [0.15, 0.2) is 0 Å². The van der Waals surface area contributed by atoms with E-state index < -0.39 is 11.5 Å². The van der Waals surface area contributed by atoms with Crippen molar-refractivity contribution in [2.45, 2.75) is 31.2 Å². The van der Waals surface area contributed by atoms with Gasteiger partial charge in [0.25, 0.3) is 0 Å². The van der Waals surface area contributed by atoms with E-state index in [1.807, 2.05) is 6.26 Å². The third kappa shape index (κ3) is 5.59. The second-order valence-electron chi connectivity index (χ2n) is 3.53. The van der Waals surface area contributed by atoms with E-state index in [2.05, 4.69) is 6.58 Å². The Hall–Kier alpha value is 0.01000. The Bertz CT molecular complexity index is 209. The van der Waals surface area contributed by atoms with Crippen LogP contribution in [-0.4, -0.2) is 34.4 Å². The zero-order valence-electron chi connectivity index (χ0n) is 9.28. The number of carbonyl (C=O) groups is 1. The van der Waals surface area contributed by atoms with E-state index in [9.17, 15) is 9.90 Å². The van der Waals surface area contributed by atoms with Crippen LogP contribution < -0.4 is 0 Å². The molecule has 0 heterocycles. The molecule has 1 N–H and O–H groups in total. The molecule has 0 bridgehead atoms. The molecule has 0 aromatic rings. The van der Waals surface area contributed by atoms with E-state index in [1.54, 1.807) is 24.8 Å². The van der Waals surface area contributed by atoms with Crippen LogP contribution in [0.1, 0.15) is 19.8 Å². The van der Waals surface area contributed by atoms with Crippen molar-refractivity contribution in [3.8, 4) is 0 Å². The van der Waals surface area contributed by atoms with Crippen molar-refractivity contribution < 1.29 is 9.90 Å². The van der Waals surface area contributed by atoms with Gasteiger partial charge in [0.05, 0.1) is 11.5 Å². The molecule has 0 aliphatic heterocycles. The molecule has 88 valence electrons. The predicted octanol–water partition coefficient (Wildman–Crippen LogP) is 2.49. The second-order valence-corrected chi connectivity index (χ2v) is 5.07. The zero-order valence-corrected chi connectivity index (χ0v) is 10.9. The molecule has 0 aromatic heterocycles. The van der Waals surface area contributed by atoms with Crippen molar-refractivity contribution >= 4 is 29.1 Å². The fourth-order valence-electron chi connectivity index (χ4n) is 1.23. The molecule has 0 aromatic carbocycles.